The standard InChI is InChI=1S/C9H10N4O3/c1-5-3-7(4-16-5)8-10-11-12-13(8)6(2)9(14)15/h3-4,6H,1-2H3,(H,14,15). The van der Waals surface area contributed by atoms with Gasteiger partial charge in [-0.05, 0) is 30.3 Å². The Hall–Kier alpha value is -2.18. The molecule has 2 heterocycles. The maximum atomic E-state index is 10.8. The van der Waals surface area contributed by atoms with Crippen LogP contribution in [0.25, 0.3) is 11.4 Å². The minimum atomic E-state index is -0.992. The molecule has 0 bridgehead atoms. The maximum Gasteiger partial charge on any atom is 0.328 e. The molecular formula is C9H10N4O3. The fraction of sp³-hybridized carbons (Fsp3) is 0.333. The van der Waals surface area contributed by atoms with E-state index in [0.29, 0.717) is 17.1 Å². The number of nitrogens with zero attached hydrogens (tertiary/aromatic N) is 4. The summed E-state index contributed by atoms with van der Waals surface area (Å²) >= 11 is 0. The number of aryl methyl sites for hydroxylation is 1. The van der Waals surface area contributed by atoms with Crippen molar-refractivity contribution in [1.82, 2.24) is 20.2 Å². The van der Waals surface area contributed by atoms with Crippen molar-refractivity contribution in [2.24, 2.45) is 0 Å². The highest BCUT2D eigenvalue weighted by molar-refractivity contribution is 5.72. The van der Waals surface area contributed by atoms with Gasteiger partial charge in [0.05, 0.1) is 5.56 Å². The third-order valence-electron chi connectivity index (χ3n) is 2.21. The van der Waals surface area contributed by atoms with Gasteiger partial charge >= 0.3 is 5.97 Å². The number of rotatable bonds is 3. The average Bonchev–Trinajstić information content (AvgIpc) is 2.83. The molecule has 0 aliphatic rings. The number of carboxylic acid groups (broad SMARTS) is 1. The summed E-state index contributed by atoms with van der Waals surface area (Å²) < 4.78 is 6.37. The van der Waals surface area contributed by atoms with Gasteiger partial charge in [0.15, 0.2) is 11.9 Å². The maximum absolute atomic E-state index is 10.8. The van der Waals surface area contributed by atoms with Crippen LogP contribution in [-0.2, 0) is 4.79 Å². The van der Waals surface area contributed by atoms with Crippen LogP contribution in [-0.4, -0.2) is 31.3 Å². The van der Waals surface area contributed by atoms with Crippen molar-refractivity contribution in [3.8, 4) is 11.4 Å². The van der Waals surface area contributed by atoms with Gasteiger partial charge in [-0.2, -0.15) is 0 Å². The lowest BCUT2D eigenvalue weighted by molar-refractivity contribution is -0.140. The highest BCUT2D eigenvalue weighted by Gasteiger charge is 2.20. The molecule has 0 radical (unpaired) electrons. The number of aromatic nitrogens is 4. The van der Waals surface area contributed by atoms with Crippen LogP contribution in [0.3, 0.4) is 0 Å². The minimum Gasteiger partial charge on any atom is -0.480 e. The van der Waals surface area contributed by atoms with E-state index < -0.39 is 12.0 Å². The van der Waals surface area contributed by atoms with Gasteiger partial charge in [0.1, 0.15) is 12.0 Å². The molecule has 2 rings (SSSR count). The largest absolute Gasteiger partial charge is 0.480 e. The van der Waals surface area contributed by atoms with E-state index in [-0.39, 0.29) is 0 Å². The Kier molecular flexibility index (Phi) is 2.43. The second kappa shape index (κ2) is 3.76. The first-order chi connectivity index (χ1) is 7.59. The van der Waals surface area contributed by atoms with Gasteiger partial charge in [-0.3, -0.25) is 0 Å². The van der Waals surface area contributed by atoms with Gasteiger partial charge in [-0.1, -0.05) is 0 Å². The molecular weight excluding hydrogens is 212 g/mol. The summed E-state index contributed by atoms with van der Waals surface area (Å²) in [5.74, 6) is 0.105. The quantitative estimate of drug-likeness (QED) is 0.828. The molecule has 0 saturated carbocycles. The van der Waals surface area contributed by atoms with Crippen molar-refractivity contribution in [3.05, 3.63) is 18.1 Å². The molecule has 1 unspecified atom stereocenters. The number of furan rings is 1. The van der Waals surface area contributed by atoms with Crippen LogP contribution in [0.15, 0.2) is 16.7 Å². The summed E-state index contributed by atoms with van der Waals surface area (Å²) in [4.78, 5) is 10.8. The number of aliphatic carboxylic acids is 1. The Morgan fingerprint density at radius 1 is 1.62 bits per heavy atom. The highest BCUT2D eigenvalue weighted by atomic mass is 16.4. The van der Waals surface area contributed by atoms with Crippen LogP contribution in [0, 0.1) is 6.92 Å². The van der Waals surface area contributed by atoms with Gasteiger partial charge in [-0.25, -0.2) is 9.48 Å². The van der Waals surface area contributed by atoms with Crippen molar-refractivity contribution in [2.45, 2.75) is 19.9 Å². The molecule has 0 aliphatic carbocycles. The summed E-state index contributed by atoms with van der Waals surface area (Å²) in [6.45, 7) is 3.30. The first kappa shape index (κ1) is 10.3. The zero-order chi connectivity index (χ0) is 11.7. The Morgan fingerprint density at radius 2 is 2.38 bits per heavy atom. The van der Waals surface area contributed by atoms with Crippen LogP contribution in [0.1, 0.15) is 18.7 Å². The molecule has 0 spiro atoms. The van der Waals surface area contributed by atoms with Crippen LogP contribution in [0.4, 0.5) is 0 Å². The molecule has 1 atom stereocenters. The van der Waals surface area contributed by atoms with Crippen LogP contribution >= 0.6 is 0 Å². The number of tetrazole rings is 1. The normalized spacial score (nSPS) is 12.6. The summed E-state index contributed by atoms with van der Waals surface area (Å²) in [5.41, 5.74) is 0.663. The molecule has 0 amide bonds. The third-order valence-corrected chi connectivity index (χ3v) is 2.21. The zero-order valence-electron chi connectivity index (χ0n) is 8.78. The van der Waals surface area contributed by atoms with Gasteiger partial charge < -0.3 is 9.52 Å². The van der Waals surface area contributed by atoms with Crippen molar-refractivity contribution < 1.29 is 14.3 Å². The lowest BCUT2D eigenvalue weighted by Crippen LogP contribution is -2.17. The molecule has 7 nitrogen and oxygen atoms in total. The Balaban J connectivity index is 2.43. The van der Waals surface area contributed by atoms with Gasteiger partial charge in [0.2, 0.25) is 0 Å². The van der Waals surface area contributed by atoms with Crippen LogP contribution < -0.4 is 0 Å². The Labute approximate surface area is 90.7 Å². The molecule has 84 valence electrons. The molecule has 1 N–H and O–H groups in total. The first-order valence-electron chi connectivity index (χ1n) is 4.66. The highest BCUT2D eigenvalue weighted by Crippen LogP contribution is 2.21. The van der Waals surface area contributed by atoms with E-state index in [4.69, 9.17) is 9.52 Å². The Bertz CT molecular complexity index is 516. The number of hydrogen-bond donors (Lipinski definition) is 1. The molecule has 0 aliphatic heterocycles. The SMILES string of the molecule is Cc1cc(-c2nnnn2C(C)C(=O)O)co1. The molecule has 16 heavy (non-hydrogen) atoms. The van der Waals surface area contributed by atoms with E-state index in [2.05, 4.69) is 15.5 Å². The molecule has 2 aromatic rings. The van der Waals surface area contributed by atoms with Crippen LogP contribution in [0.5, 0.6) is 0 Å². The fourth-order valence-corrected chi connectivity index (χ4v) is 1.31. The molecule has 2 aromatic heterocycles. The summed E-state index contributed by atoms with van der Waals surface area (Å²) in [6, 6.07) is 0.928. The number of carboxylic acids is 1. The van der Waals surface area contributed by atoms with E-state index in [1.54, 1.807) is 13.0 Å². The van der Waals surface area contributed by atoms with Crippen molar-refractivity contribution in [2.75, 3.05) is 0 Å². The molecule has 0 saturated heterocycles. The van der Waals surface area contributed by atoms with E-state index in [1.165, 1.54) is 17.9 Å². The van der Waals surface area contributed by atoms with E-state index >= 15 is 0 Å². The summed E-state index contributed by atoms with van der Waals surface area (Å²) in [5, 5.41) is 19.8. The summed E-state index contributed by atoms with van der Waals surface area (Å²) in [6.07, 6.45) is 1.49. The van der Waals surface area contributed by atoms with Crippen LogP contribution in [0.2, 0.25) is 0 Å². The zero-order valence-corrected chi connectivity index (χ0v) is 8.78. The lowest BCUT2D eigenvalue weighted by Gasteiger charge is -2.06. The predicted molar refractivity (Wildman–Crippen MR) is 52.6 cm³/mol. The Morgan fingerprint density at radius 3 is 2.94 bits per heavy atom. The number of carbonyl (C=O) groups is 1. The molecule has 0 fully saturated rings. The molecule has 0 aromatic carbocycles. The second-order valence-electron chi connectivity index (χ2n) is 3.41. The first-order valence-corrected chi connectivity index (χ1v) is 4.66. The predicted octanol–water partition coefficient (Wildman–Crippen LogP) is 0.887. The van der Waals surface area contributed by atoms with E-state index in [0.717, 1.165) is 0 Å². The topological polar surface area (TPSA) is 94.0 Å². The third kappa shape index (κ3) is 1.67. The second-order valence-corrected chi connectivity index (χ2v) is 3.41. The van der Waals surface area contributed by atoms with E-state index in [1.807, 2.05) is 0 Å². The van der Waals surface area contributed by atoms with Crippen molar-refractivity contribution in [1.29, 1.82) is 0 Å². The fourth-order valence-electron chi connectivity index (χ4n) is 1.31. The smallest absolute Gasteiger partial charge is 0.328 e. The van der Waals surface area contributed by atoms with Crippen molar-refractivity contribution in [3.63, 3.8) is 0 Å². The average molecular weight is 222 g/mol. The van der Waals surface area contributed by atoms with Gasteiger partial charge in [-0.15, -0.1) is 5.10 Å². The van der Waals surface area contributed by atoms with Gasteiger partial charge in [0, 0.05) is 0 Å². The van der Waals surface area contributed by atoms with Gasteiger partial charge in [0.25, 0.3) is 0 Å². The number of hydrogen-bond acceptors (Lipinski definition) is 5. The van der Waals surface area contributed by atoms with Crippen molar-refractivity contribution >= 4 is 5.97 Å². The summed E-state index contributed by atoms with van der Waals surface area (Å²) in [7, 11) is 0. The minimum absolute atomic E-state index is 0.381. The molecule has 7 heteroatoms. The monoisotopic (exact) mass is 222 g/mol. The lowest BCUT2D eigenvalue weighted by atomic mass is 10.2. The van der Waals surface area contributed by atoms with E-state index in [9.17, 15) is 4.79 Å².